The van der Waals surface area contributed by atoms with Crippen LogP contribution in [0.15, 0.2) is 0 Å². The number of piperazine rings is 1. The fraction of sp³-hybridized carbons (Fsp3) is 1.00. The third-order valence-electron chi connectivity index (χ3n) is 4.78. The van der Waals surface area contributed by atoms with Gasteiger partial charge in [0, 0.05) is 57.3 Å². The minimum Gasteiger partial charge on any atom is -0.381 e. The van der Waals surface area contributed by atoms with Crippen LogP contribution in [0.3, 0.4) is 0 Å². The fourth-order valence-electron chi connectivity index (χ4n) is 3.32. The third kappa shape index (κ3) is 4.69. The normalized spacial score (nSPS) is 27.3. The monoisotopic (exact) mass is 283 g/mol. The van der Waals surface area contributed by atoms with Crippen molar-refractivity contribution in [2.75, 3.05) is 52.5 Å². The molecule has 0 aliphatic carbocycles. The molecule has 2 aliphatic rings. The van der Waals surface area contributed by atoms with Crippen LogP contribution in [0, 0.1) is 5.92 Å². The molecule has 0 aromatic carbocycles. The first-order valence-electron chi connectivity index (χ1n) is 8.48. The van der Waals surface area contributed by atoms with Gasteiger partial charge in [-0.25, -0.2) is 0 Å². The molecule has 2 rings (SSSR count). The molecule has 0 bridgehead atoms. The predicted octanol–water partition coefficient (Wildman–Crippen LogP) is 1.42. The molecule has 4 nitrogen and oxygen atoms in total. The van der Waals surface area contributed by atoms with Crippen LogP contribution >= 0.6 is 0 Å². The lowest BCUT2D eigenvalue weighted by Crippen LogP contribution is -2.53. The van der Waals surface area contributed by atoms with E-state index in [1.54, 1.807) is 0 Å². The van der Waals surface area contributed by atoms with Crippen molar-refractivity contribution >= 4 is 0 Å². The first-order chi connectivity index (χ1) is 9.70. The molecule has 0 aromatic heterocycles. The van der Waals surface area contributed by atoms with Gasteiger partial charge in [-0.05, 0) is 33.2 Å². The van der Waals surface area contributed by atoms with Crippen molar-refractivity contribution in [1.82, 2.24) is 15.1 Å². The van der Waals surface area contributed by atoms with Crippen molar-refractivity contribution in [2.24, 2.45) is 5.92 Å². The van der Waals surface area contributed by atoms with Gasteiger partial charge in [0.15, 0.2) is 0 Å². The molecule has 2 saturated heterocycles. The SMILES string of the molecule is CCCNC(CN1CCN(C(C)C)CC1)C1CCOC1. The summed E-state index contributed by atoms with van der Waals surface area (Å²) in [6, 6.07) is 1.30. The highest BCUT2D eigenvalue weighted by Gasteiger charge is 2.28. The van der Waals surface area contributed by atoms with E-state index in [9.17, 15) is 0 Å². The molecule has 2 atom stereocenters. The molecular weight excluding hydrogens is 250 g/mol. The average Bonchev–Trinajstić information content (AvgIpc) is 2.98. The fourth-order valence-corrected chi connectivity index (χ4v) is 3.32. The topological polar surface area (TPSA) is 27.7 Å². The van der Waals surface area contributed by atoms with E-state index < -0.39 is 0 Å². The smallest absolute Gasteiger partial charge is 0.0510 e. The minimum absolute atomic E-state index is 0.614. The summed E-state index contributed by atoms with van der Waals surface area (Å²) < 4.78 is 5.59. The van der Waals surface area contributed by atoms with Gasteiger partial charge >= 0.3 is 0 Å². The number of hydrogen-bond donors (Lipinski definition) is 1. The van der Waals surface area contributed by atoms with Gasteiger partial charge in [0.1, 0.15) is 0 Å². The summed E-state index contributed by atoms with van der Waals surface area (Å²) in [5.41, 5.74) is 0. The summed E-state index contributed by atoms with van der Waals surface area (Å²) in [5.74, 6) is 0.713. The molecule has 1 N–H and O–H groups in total. The van der Waals surface area contributed by atoms with Crippen molar-refractivity contribution in [3.05, 3.63) is 0 Å². The number of hydrogen-bond acceptors (Lipinski definition) is 4. The Kier molecular flexibility index (Phi) is 6.75. The van der Waals surface area contributed by atoms with Gasteiger partial charge in [0.05, 0.1) is 6.61 Å². The van der Waals surface area contributed by atoms with Crippen LogP contribution in [0.5, 0.6) is 0 Å². The van der Waals surface area contributed by atoms with Crippen molar-refractivity contribution in [2.45, 2.75) is 45.7 Å². The Bertz CT molecular complexity index is 258. The molecule has 2 aliphatic heterocycles. The Morgan fingerprint density at radius 3 is 2.50 bits per heavy atom. The Hall–Kier alpha value is -0.160. The zero-order valence-electron chi connectivity index (χ0n) is 13.6. The minimum atomic E-state index is 0.614. The predicted molar refractivity (Wildman–Crippen MR) is 84.2 cm³/mol. The summed E-state index contributed by atoms with van der Waals surface area (Å²) >= 11 is 0. The molecule has 4 heteroatoms. The van der Waals surface area contributed by atoms with E-state index >= 15 is 0 Å². The van der Waals surface area contributed by atoms with Gasteiger partial charge in [0.25, 0.3) is 0 Å². The zero-order chi connectivity index (χ0) is 14.4. The number of rotatable bonds is 7. The molecular formula is C16H33N3O. The first-order valence-corrected chi connectivity index (χ1v) is 8.48. The van der Waals surface area contributed by atoms with E-state index in [4.69, 9.17) is 4.74 Å². The Labute approximate surface area is 124 Å². The molecule has 2 unspecified atom stereocenters. The van der Waals surface area contributed by atoms with Gasteiger partial charge in [0.2, 0.25) is 0 Å². The van der Waals surface area contributed by atoms with E-state index in [0.717, 1.165) is 19.8 Å². The van der Waals surface area contributed by atoms with E-state index in [1.165, 1.54) is 45.6 Å². The summed E-state index contributed by atoms with van der Waals surface area (Å²) in [6.45, 7) is 16.0. The first kappa shape index (κ1) is 16.2. The van der Waals surface area contributed by atoms with E-state index in [0.29, 0.717) is 18.0 Å². The maximum Gasteiger partial charge on any atom is 0.0510 e. The molecule has 0 saturated carbocycles. The molecule has 2 fully saturated rings. The summed E-state index contributed by atoms with van der Waals surface area (Å²) in [6.07, 6.45) is 2.44. The molecule has 0 spiro atoms. The van der Waals surface area contributed by atoms with Gasteiger partial charge in [-0.3, -0.25) is 9.80 Å². The number of ether oxygens (including phenoxy) is 1. The second kappa shape index (κ2) is 8.32. The number of nitrogens with zero attached hydrogens (tertiary/aromatic N) is 2. The molecule has 118 valence electrons. The van der Waals surface area contributed by atoms with Crippen molar-refractivity contribution < 1.29 is 4.74 Å². The largest absolute Gasteiger partial charge is 0.381 e. The lowest BCUT2D eigenvalue weighted by Gasteiger charge is -2.39. The lowest BCUT2D eigenvalue weighted by atomic mass is 9.98. The van der Waals surface area contributed by atoms with Gasteiger partial charge in [-0.1, -0.05) is 6.92 Å². The maximum atomic E-state index is 5.59. The quantitative estimate of drug-likeness (QED) is 0.765. The third-order valence-corrected chi connectivity index (χ3v) is 4.78. The summed E-state index contributed by atoms with van der Waals surface area (Å²) in [7, 11) is 0. The van der Waals surface area contributed by atoms with Crippen LogP contribution in [0.2, 0.25) is 0 Å². The van der Waals surface area contributed by atoms with Crippen LogP contribution in [0.4, 0.5) is 0 Å². The Balaban J connectivity index is 1.78. The molecule has 0 amide bonds. The van der Waals surface area contributed by atoms with Crippen LogP contribution in [0.25, 0.3) is 0 Å². The van der Waals surface area contributed by atoms with Crippen LogP contribution in [-0.4, -0.2) is 74.4 Å². The van der Waals surface area contributed by atoms with Gasteiger partial charge < -0.3 is 10.1 Å². The zero-order valence-corrected chi connectivity index (χ0v) is 13.6. The average molecular weight is 283 g/mol. The summed E-state index contributed by atoms with van der Waals surface area (Å²) in [4.78, 5) is 5.23. The highest BCUT2D eigenvalue weighted by atomic mass is 16.5. The van der Waals surface area contributed by atoms with Gasteiger partial charge in [-0.15, -0.1) is 0 Å². The van der Waals surface area contributed by atoms with Crippen molar-refractivity contribution in [1.29, 1.82) is 0 Å². The van der Waals surface area contributed by atoms with Gasteiger partial charge in [-0.2, -0.15) is 0 Å². The number of nitrogens with one attached hydrogen (secondary N) is 1. The Morgan fingerprint density at radius 2 is 1.95 bits per heavy atom. The second-order valence-electron chi connectivity index (χ2n) is 6.61. The maximum absolute atomic E-state index is 5.59. The van der Waals surface area contributed by atoms with Crippen LogP contribution in [0.1, 0.15) is 33.6 Å². The molecule has 2 heterocycles. The molecule has 0 aromatic rings. The van der Waals surface area contributed by atoms with E-state index in [-0.39, 0.29) is 0 Å². The van der Waals surface area contributed by atoms with Crippen LogP contribution in [-0.2, 0) is 4.74 Å². The summed E-state index contributed by atoms with van der Waals surface area (Å²) in [5, 5.41) is 3.76. The van der Waals surface area contributed by atoms with Crippen LogP contribution < -0.4 is 5.32 Å². The molecule has 20 heavy (non-hydrogen) atoms. The van der Waals surface area contributed by atoms with Crippen molar-refractivity contribution in [3.8, 4) is 0 Å². The standard InChI is InChI=1S/C16H33N3O/c1-4-6-17-16(15-5-11-20-13-15)12-18-7-9-19(10-8-18)14(2)3/h14-17H,4-13H2,1-3H3. The molecule has 0 radical (unpaired) electrons. The second-order valence-corrected chi connectivity index (χ2v) is 6.61. The highest BCUT2D eigenvalue weighted by molar-refractivity contribution is 4.84. The van der Waals surface area contributed by atoms with E-state index in [2.05, 4.69) is 35.9 Å². The lowest BCUT2D eigenvalue weighted by molar-refractivity contribution is 0.0915. The van der Waals surface area contributed by atoms with Crippen molar-refractivity contribution in [3.63, 3.8) is 0 Å². The highest BCUT2D eigenvalue weighted by Crippen LogP contribution is 2.18. The van der Waals surface area contributed by atoms with E-state index in [1.807, 2.05) is 0 Å². The Morgan fingerprint density at radius 1 is 1.20 bits per heavy atom.